The van der Waals surface area contributed by atoms with Crippen LogP contribution >= 0.6 is 0 Å². The molecule has 6 nitrogen and oxygen atoms in total. The van der Waals surface area contributed by atoms with Gasteiger partial charge in [-0.1, -0.05) is 30.3 Å². The second-order valence-corrected chi connectivity index (χ2v) is 5.40. The maximum absolute atomic E-state index is 12.1. The van der Waals surface area contributed by atoms with E-state index in [2.05, 4.69) is 5.32 Å². The van der Waals surface area contributed by atoms with Crippen molar-refractivity contribution in [3.8, 4) is 5.75 Å². The van der Waals surface area contributed by atoms with Crippen LogP contribution in [0.5, 0.6) is 5.75 Å². The van der Waals surface area contributed by atoms with Crippen molar-refractivity contribution < 1.29 is 23.8 Å². The topological polar surface area (TPSA) is 73.9 Å². The molecule has 138 valence electrons. The Hall–Kier alpha value is -2.86. The monoisotopic (exact) mass is 357 g/mol. The van der Waals surface area contributed by atoms with Crippen molar-refractivity contribution in [2.45, 2.75) is 13.5 Å². The van der Waals surface area contributed by atoms with Crippen molar-refractivity contribution in [3.63, 3.8) is 0 Å². The van der Waals surface area contributed by atoms with Crippen LogP contribution in [-0.4, -0.2) is 38.3 Å². The first-order chi connectivity index (χ1) is 12.7. The van der Waals surface area contributed by atoms with Crippen LogP contribution in [0.2, 0.25) is 0 Å². The molecule has 2 aromatic rings. The zero-order chi connectivity index (χ0) is 18.6. The predicted octanol–water partition coefficient (Wildman–Crippen LogP) is 2.58. The van der Waals surface area contributed by atoms with Crippen LogP contribution < -0.4 is 10.1 Å². The van der Waals surface area contributed by atoms with E-state index >= 15 is 0 Å². The molecule has 0 aliphatic carbocycles. The van der Waals surface area contributed by atoms with Gasteiger partial charge in [-0.15, -0.1) is 0 Å². The molecule has 0 aliphatic rings. The summed E-state index contributed by atoms with van der Waals surface area (Å²) >= 11 is 0. The third-order valence-corrected chi connectivity index (χ3v) is 3.46. The van der Waals surface area contributed by atoms with E-state index < -0.39 is 5.97 Å². The molecule has 0 heterocycles. The SMILES string of the molecule is CCOCCOC(=O)COc1ccc(C(=O)NCc2ccccc2)cc1. The molecule has 0 atom stereocenters. The van der Waals surface area contributed by atoms with Crippen molar-refractivity contribution in [1.82, 2.24) is 5.32 Å². The maximum atomic E-state index is 12.1. The van der Waals surface area contributed by atoms with Gasteiger partial charge in [-0.2, -0.15) is 0 Å². The average Bonchev–Trinajstić information content (AvgIpc) is 2.69. The van der Waals surface area contributed by atoms with Crippen LogP contribution in [0, 0.1) is 0 Å². The van der Waals surface area contributed by atoms with Crippen molar-refractivity contribution in [1.29, 1.82) is 0 Å². The number of nitrogens with one attached hydrogen (secondary N) is 1. The summed E-state index contributed by atoms with van der Waals surface area (Å²) < 4.78 is 15.4. The summed E-state index contributed by atoms with van der Waals surface area (Å²) in [6.07, 6.45) is 0. The van der Waals surface area contributed by atoms with Crippen LogP contribution in [0.15, 0.2) is 54.6 Å². The number of hydrogen-bond donors (Lipinski definition) is 1. The average molecular weight is 357 g/mol. The molecule has 0 saturated heterocycles. The molecule has 1 N–H and O–H groups in total. The van der Waals surface area contributed by atoms with E-state index in [-0.39, 0.29) is 19.1 Å². The van der Waals surface area contributed by atoms with Crippen molar-refractivity contribution in [3.05, 3.63) is 65.7 Å². The smallest absolute Gasteiger partial charge is 0.344 e. The van der Waals surface area contributed by atoms with E-state index in [0.29, 0.717) is 31.1 Å². The zero-order valence-electron chi connectivity index (χ0n) is 14.8. The lowest BCUT2D eigenvalue weighted by molar-refractivity contribution is -0.147. The molecule has 0 spiro atoms. The van der Waals surface area contributed by atoms with Gasteiger partial charge in [0.05, 0.1) is 6.61 Å². The molecule has 0 unspecified atom stereocenters. The third kappa shape index (κ3) is 6.94. The van der Waals surface area contributed by atoms with Gasteiger partial charge < -0.3 is 19.5 Å². The van der Waals surface area contributed by atoms with Gasteiger partial charge in [0.15, 0.2) is 6.61 Å². The number of esters is 1. The Morgan fingerprint density at radius 3 is 2.38 bits per heavy atom. The third-order valence-electron chi connectivity index (χ3n) is 3.46. The second-order valence-electron chi connectivity index (χ2n) is 5.40. The molecule has 1 amide bonds. The minimum atomic E-state index is -0.464. The van der Waals surface area contributed by atoms with Crippen molar-refractivity contribution in [2.75, 3.05) is 26.4 Å². The molecule has 0 saturated carbocycles. The van der Waals surface area contributed by atoms with Gasteiger partial charge in [0.2, 0.25) is 0 Å². The molecule has 0 bridgehead atoms. The van der Waals surface area contributed by atoms with Gasteiger partial charge in [-0.05, 0) is 36.8 Å². The molecular weight excluding hydrogens is 334 g/mol. The lowest BCUT2D eigenvalue weighted by atomic mass is 10.2. The van der Waals surface area contributed by atoms with Gasteiger partial charge in [0.25, 0.3) is 5.91 Å². The maximum Gasteiger partial charge on any atom is 0.344 e. The first-order valence-electron chi connectivity index (χ1n) is 8.47. The van der Waals surface area contributed by atoms with Crippen LogP contribution in [0.3, 0.4) is 0 Å². The molecular formula is C20H23NO5. The molecule has 2 rings (SSSR count). The Kier molecular flexibility index (Phi) is 8.15. The van der Waals surface area contributed by atoms with Crippen LogP contribution in [0.4, 0.5) is 0 Å². The largest absolute Gasteiger partial charge is 0.482 e. The highest BCUT2D eigenvalue weighted by molar-refractivity contribution is 5.94. The Morgan fingerprint density at radius 1 is 0.962 bits per heavy atom. The highest BCUT2D eigenvalue weighted by Gasteiger charge is 2.07. The van der Waals surface area contributed by atoms with Crippen LogP contribution in [0.1, 0.15) is 22.8 Å². The van der Waals surface area contributed by atoms with Gasteiger partial charge >= 0.3 is 5.97 Å². The van der Waals surface area contributed by atoms with Crippen LogP contribution in [-0.2, 0) is 20.8 Å². The molecule has 26 heavy (non-hydrogen) atoms. The predicted molar refractivity (Wildman–Crippen MR) is 97.0 cm³/mol. The fourth-order valence-corrected chi connectivity index (χ4v) is 2.13. The lowest BCUT2D eigenvalue weighted by Gasteiger charge is -2.08. The van der Waals surface area contributed by atoms with Crippen LogP contribution in [0.25, 0.3) is 0 Å². The first kappa shape index (κ1) is 19.5. The lowest BCUT2D eigenvalue weighted by Crippen LogP contribution is -2.22. The fraction of sp³-hybridized carbons (Fsp3) is 0.300. The number of rotatable bonds is 10. The minimum Gasteiger partial charge on any atom is -0.482 e. The summed E-state index contributed by atoms with van der Waals surface area (Å²) in [5.41, 5.74) is 1.55. The first-order valence-corrected chi connectivity index (χ1v) is 8.47. The Labute approximate surface area is 153 Å². The van der Waals surface area contributed by atoms with Gasteiger partial charge in [0.1, 0.15) is 12.4 Å². The normalized spacial score (nSPS) is 10.2. The summed E-state index contributed by atoms with van der Waals surface area (Å²) in [5, 5.41) is 2.85. The number of ether oxygens (including phenoxy) is 3. The van der Waals surface area contributed by atoms with E-state index in [1.54, 1.807) is 24.3 Å². The Balaban J connectivity index is 1.73. The molecule has 0 fully saturated rings. The summed E-state index contributed by atoms with van der Waals surface area (Å²) in [4.78, 5) is 23.6. The van der Waals surface area contributed by atoms with E-state index in [4.69, 9.17) is 14.2 Å². The standard InChI is InChI=1S/C20H23NO5/c1-2-24-12-13-25-19(22)15-26-18-10-8-17(9-11-18)20(23)21-14-16-6-4-3-5-7-16/h3-11H,2,12-15H2,1H3,(H,21,23). The quantitative estimate of drug-likeness (QED) is 0.523. The number of benzene rings is 2. The summed E-state index contributed by atoms with van der Waals surface area (Å²) in [7, 11) is 0. The van der Waals surface area contributed by atoms with E-state index in [9.17, 15) is 9.59 Å². The van der Waals surface area contributed by atoms with Gasteiger partial charge in [-0.25, -0.2) is 4.79 Å². The van der Waals surface area contributed by atoms with Gasteiger partial charge in [-0.3, -0.25) is 4.79 Å². The van der Waals surface area contributed by atoms with E-state index in [1.165, 1.54) is 0 Å². The summed E-state index contributed by atoms with van der Waals surface area (Å²) in [6.45, 7) is 3.30. The molecule has 0 aliphatic heterocycles. The summed E-state index contributed by atoms with van der Waals surface area (Å²) in [6, 6.07) is 16.3. The van der Waals surface area contributed by atoms with Crippen molar-refractivity contribution >= 4 is 11.9 Å². The molecule has 6 heteroatoms. The highest BCUT2D eigenvalue weighted by Crippen LogP contribution is 2.12. The number of carbonyl (C=O) groups is 2. The fourth-order valence-electron chi connectivity index (χ4n) is 2.13. The Bertz CT molecular complexity index is 685. The molecule has 0 radical (unpaired) electrons. The zero-order valence-corrected chi connectivity index (χ0v) is 14.8. The second kappa shape index (κ2) is 10.9. The van der Waals surface area contributed by atoms with E-state index in [1.807, 2.05) is 37.3 Å². The Morgan fingerprint density at radius 2 is 1.69 bits per heavy atom. The van der Waals surface area contributed by atoms with Gasteiger partial charge in [0, 0.05) is 18.7 Å². The minimum absolute atomic E-state index is 0.171. The number of carbonyl (C=O) groups excluding carboxylic acids is 2. The molecule has 0 aromatic heterocycles. The highest BCUT2D eigenvalue weighted by atomic mass is 16.6. The van der Waals surface area contributed by atoms with E-state index in [0.717, 1.165) is 5.56 Å². The summed E-state index contributed by atoms with van der Waals surface area (Å²) in [5.74, 6) is -0.142. The number of hydrogen-bond acceptors (Lipinski definition) is 5. The molecule has 2 aromatic carbocycles. The van der Waals surface area contributed by atoms with Crippen molar-refractivity contribution in [2.24, 2.45) is 0 Å². The number of amides is 1.